The zero-order valence-corrected chi connectivity index (χ0v) is 17.5. The highest BCUT2D eigenvalue weighted by molar-refractivity contribution is 5.76. The molecule has 7 heteroatoms. The first-order valence-electron chi connectivity index (χ1n) is 10.3. The van der Waals surface area contributed by atoms with E-state index in [1.807, 2.05) is 18.7 Å². The van der Waals surface area contributed by atoms with Crippen LogP contribution < -0.4 is 4.90 Å². The zero-order chi connectivity index (χ0) is 20.4. The van der Waals surface area contributed by atoms with E-state index in [-0.39, 0.29) is 5.91 Å². The number of rotatable bonds is 5. The van der Waals surface area contributed by atoms with Crippen molar-refractivity contribution >= 4 is 11.7 Å². The molecule has 1 amide bonds. The fraction of sp³-hybridized carbons (Fsp3) is 0.455. The smallest absolute Gasteiger partial charge is 0.252 e. The lowest BCUT2D eigenvalue weighted by molar-refractivity contribution is -0.917. The number of amides is 1. The van der Waals surface area contributed by atoms with Crippen molar-refractivity contribution in [1.82, 2.24) is 24.5 Å². The van der Waals surface area contributed by atoms with E-state index in [1.54, 1.807) is 9.42 Å². The molecule has 0 saturated carbocycles. The maximum absolute atomic E-state index is 12.8. The summed E-state index contributed by atoms with van der Waals surface area (Å²) in [6.45, 7) is 10.9. The number of fused-ring (bicyclic) bond motifs is 1. The van der Waals surface area contributed by atoms with Crippen LogP contribution in [0.4, 0.5) is 0 Å². The fourth-order valence-corrected chi connectivity index (χ4v) is 4.23. The highest BCUT2D eigenvalue weighted by Gasteiger charge is 2.24. The SMILES string of the molecule is Cc1ccccc1C[NH+]1CCN(C(=O)CCc2c(C)nc3ncnn3c2C)CC1. The number of aryl methyl sites for hydroxylation is 3. The third kappa shape index (κ3) is 4.15. The van der Waals surface area contributed by atoms with Gasteiger partial charge in [0.1, 0.15) is 12.9 Å². The molecule has 0 atom stereocenters. The van der Waals surface area contributed by atoms with E-state index in [2.05, 4.69) is 46.3 Å². The van der Waals surface area contributed by atoms with Gasteiger partial charge in [-0.1, -0.05) is 24.3 Å². The Morgan fingerprint density at radius 1 is 1.14 bits per heavy atom. The van der Waals surface area contributed by atoms with E-state index >= 15 is 0 Å². The number of nitrogens with zero attached hydrogens (tertiary/aromatic N) is 5. The lowest BCUT2D eigenvalue weighted by Gasteiger charge is -2.32. The summed E-state index contributed by atoms with van der Waals surface area (Å²) < 4.78 is 1.75. The Kier molecular flexibility index (Phi) is 5.58. The maximum atomic E-state index is 12.8. The number of carbonyl (C=O) groups excluding carboxylic acids is 1. The summed E-state index contributed by atoms with van der Waals surface area (Å²) >= 11 is 0. The lowest BCUT2D eigenvalue weighted by atomic mass is 10.1. The van der Waals surface area contributed by atoms with Gasteiger partial charge in [-0.25, -0.2) is 9.50 Å². The molecule has 1 aliphatic rings. The van der Waals surface area contributed by atoms with Gasteiger partial charge in [0.05, 0.1) is 26.2 Å². The molecule has 0 radical (unpaired) electrons. The summed E-state index contributed by atoms with van der Waals surface area (Å²) in [5, 5.41) is 4.23. The molecule has 3 aromatic rings. The van der Waals surface area contributed by atoms with E-state index in [0.29, 0.717) is 18.6 Å². The molecule has 1 saturated heterocycles. The number of benzene rings is 1. The predicted molar refractivity (Wildman–Crippen MR) is 111 cm³/mol. The van der Waals surface area contributed by atoms with Crippen LogP contribution in [0.3, 0.4) is 0 Å². The molecule has 29 heavy (non-hydrogen) atoms. The number of hydrogen-bond acceptors (Lipinski definition) is 4. The second-order valence-electron chi connectivity index (χ2n) is 7.97. The minimum absolute atomic E-state index is 0.234. The van der Waals surface area contributed by atoms with Crippen molar-refractivity contribution in [2.75, 3.05) is 26.2 Å². The third-order valence-electron chi connectivity index (χ3n) is 6.10. The molecule has 0 unspecified atom stereocenters. The molecular weight excluding hydrogens is 364 g/mol. The van der Waals surface area contributed by atoms with Crippen LogP contribution in [0.25, 0.3) is 5.78 Å². The number of carbonyl (C=O) groups is 1. The first-order chi connectivity index (χ1) is 14.0. The van der Waals surface area contributed by atoms with Gasteiger partial charge in [-0.05, 0) is 38.3 Å². The molecule has 1 aromatic carbocycles. The normalized spacial score (nSPS) is 15.2. The van der Waals surface area contributed by atoms with Gasteiger partial charge in [0.15, 0.2) is 0 Å². The van der Waals surface area contributed by atoms with Crippen LogP contribution in [-0.4, -0.2) is 56.6 Å². The van der Waals surface area contributed by atoms with Gasteiger partial charge in [0, 0.05) is 23.4 Å². The number of quaternary nitrogens is 1. The standard InChI is InChI=1S/C22H28N6O/c1-16-6-4-5-7-19(16)14-26-10-12-27(13-11-26)21(29)9-8-20-17(2)25-22-23-15-24-28(22)18(20)3/h4-7,15H,8-14H2,1-3H3/p+1. The van der Waals surface area contributed by atoms with Crippen LogP contribution >= 0.6 is 0 Å². The average Bonchev–Trinajstić information content (AvgIpc) is 3.18. The van der Waals surface area contributed by atoms with Crippen LogP contribution in [0.2, 0.25) is 0 Å². The van der Waals surface area contributed by atoms with E-state index in [9.17, 15) is 4.79 Å². The van der Waals surface area contributed by atoms with Crippen molar-refractivity contribution in [3.8, 4) is 0 Å². The minimum atomic E-state index is 0.234. The van der Waals surface area contributed by atoms with Gasteiger partial charge in [0.2, 0.25) is 5.91 Å². The van der Waals surface area contributed by atoms with Crippen molar-refractivity contribution < 1.29 is 9.69 Å². The van der Waals surface area contributed by atoms with E-state index < -0.39 is 0 Å². The van der Waals surface area contributed by atoms with Gasteiger partial charge >= 0.3 is 0 Å². The first kappa shape index (κ1) is 19.5. The highest BCUT2D eigenvalue weighted by atomic mass is 16.2. The summed E-state index contributed by atoms with van der Waals surface area (Å²) in [5.74, 6) is 0.847. The Balaban J connectivity index is 1.32. The summed E-state index contributed by atoms with van der Waals surface area (Å²) in [6.07, 6.45) is 2.72. The van der Waals surface area contributed by atoms with Gasteiger partial charge in [-0.3, -0.25) is 4.79 Å². The Labute approximate surface area is 171 Å². The minimum Gasteiger partial charge on any atom is -0.331 e. The van der Waals surface area contributed by atoms with E-state index in [4.69, 9.17) is 0 Å². The summed E-state index contributed by atoms with van der Waals surface area (Å²) in [5.41, 5.74) is 5.81. The molecule has 7 nitrogen and oxygen atoms in total. The first-order valence-corrected chi connectivity index (χ1v) is 10.3. The predicted octanol–water partition coefficient (Wildman–Crippen LogP) is 0.909. The molecular formula is C22H29N6O+. The molecule has 1 fully saturated rings. The van der Waals surface area contributed by atoms with Crippen molar-refractivity contribution in [2.24, 2.45) is 0 Å². The quantitative estimate of drug-likeness (QED) is 0.700. The number of piperazine rings is 1. The molecule has 4 rings (SSSR count). The Hall–Kier alpha value is -2.80. The molecule has 0 aliphatic carbocycles. The molecule has 2 aromatic heterocycles. The second-order valence-corrected chi connectivity index (χ2v) is 7.97. The molecule has 3 heterocycles. The summed E-state index contributed by atoms with van der Waals surface area (Å²) in [4.78, 5) is 25.0. The fourth-order valence-electron chi connectivity index (χ4n) is 4.23. The van der Waals surface area contributed by atoms with Crippen LogP contribution in [0.15, 0.2) is 30.6 Å². The number of nitrogens with one attached hydrogen (secondary N) is 1. The second kappa shape index (κ2) is 8.29. The van der Waals surface area contributed by atoms with Crippen molar-refractivity contribution in [1.29, 1.82) is 0 Å². The molecule has 1 N–H and O–H groups in total. The van der Waals surface area contributed by atoms with Crippen LogP contribution in [0.1, 0.15) is 34.5 Å². The average molecular weight is 394 g/mol. The van der Waals surface area contributed by atoms with Gasteiger partial charge in [-0.2, -0.15) is 10.1 Å². The molecule has 152 valence electrons. The largest absolute Gasteiger partial charge is 0.331 e. The van der Waals surface area contributed by atoms with Gasteiger partial charge in [-0.15, -0.1) is 0 Å². The Morgan fingerprint density at radius 2 is 1.90 bits per heavy atom. The van der Waals surface area contributed by atoms with E-state index in [1.165, 1.54) is 17.5 Å². The van der Waals surface area contributed by atoms with Gasteiger partial charge in [0.25, 0.3) is 5.78 Å². The zero-order valence-electron chi connectivity index (χ0n) is 17.5. The summed E-state index contributed by atoms with van der Waals surface area (Å²) in [6, 6.07) is 8.58. The van der Waals surface area contributed by atoms with Crippen LogP contribution in [0, 0.1) is 20.8 Å². The van der Waals surface area contributed by atoms with Crippen molar-refractivity contribution in [3.05, 3.63) is 58.7 Å². The Bertz CT molecular complexity index is 1020. The molecule has 0 bridgehead atoms. The molecule has 0 spiro atoms. The number of hydrogen-bond donors (Lipinski definition) is 1. The topological polar surface area (TPSA) is 67.8 Å². The molecule has 1 aliphatic heterocycles. The monoisotopic (exact) mass is 393 g/mol. The lowest BCUT2D eigenvalue weighted by Crippen LogP contribution is -3.13. The highest BCUT2D eigenvalue weighted by Crippen LogP contribution is 2.15. The van der Waals surface area contributed by atoms with Crippen LogP contribution in [0.5, 0.6) is 0 Å². The van der Waals surface area contributed by atoms with Gasteiger partial charge < -0.3 is 9.80 Å². The van der Waals surface area contributed by atoms with E-state index in [0.717, 1.165) is 49.7 Å². The third-order valence-corrected chi connectivity index (χ3v) is 6.10. The maximum Gasteiger partial charge on any atom is 0.252 e. The number of aromatic nitrogens is 4. The summed E-state index contributed by atoms with van der Waals surface area (Å²) in [7, 11) is 0. The Morgan fingerprint density at radius 3 is 2.66 bits per heavy atom. The van der Waals surface area contributed by atoms with Crippen molar-refractivity contribution in [2.45, 2.75) is 40.2 Å². The van der Waals surface area contributed by atoms with Crippen LogP contribution in [-0.2, 0) is 17.8 Å². The van der Waals surface area contributed by atoms with Crippen molar-refractivity contribution in [3.63, 3.8) is 0 Å².